The lowest BCUT2D eigenvalue weighted by Crippen LogP contribution is -2.57. The number of carbonyl (C=O) groups is 6. The molecule has 2 aromatic heterocycles. The highest BCUT2D eigenvalue weighted by Gasteiger charge is 2.63. The van der Waals surface area contributed by atoms with E-state index in [9.17, 15) is 50.7 Å². The molecule has 4 aromatic rings. The molecule has 0 radical (unpaired) electrons. The van der Waals surface area contributed by atoms with Crippen LogP contribution in [0.3, 0.4) is 0 Å². The van der Waals surface area contributed by atoms with Gasteiger partial charge in [0, 0.05) is 54.1 Å². The molecule has 6 aliphatic rings. The molecular weight excluding hydrogens is 1420 g/mol. The third kappa shape index (κ3) is 16.8. The van der Waals surface area contributed by atoms with Crippen LogP contribution in [0.4, 0.5) is 0 Å². The predicted molar refractivity (Wildman–Crippen MR) is 355 cm³/mol. The summed E-state index contributed by atoms with van der Waals surface area (Å²) in [6.07, 6.45) is 2.23. The molecule has 4 heterocycles. The van der Waals surface area contributed by atoms with Crippen LogP contribution < -0.4 is 53.8 Å². The molecule has 0 spiro atoms. The Labute approximate surface area is 568 Å². The van der Waals surface area contributed by atoms with E-state index >= 15 is 0 Å². The summed E-state index contributed by atoms with van der Waals surface area (Å²) in [6.45, 7) is 19.0. The SMILES string of the molecule is C=CC1C[C@]1(NC(=O)[C@@H]1C[C@@H](Oc2cc(OCC)nc3c(Br)c(OC)ccc23)CN1)C(=O)NS(=O)(=O)C1CC1.C=CC1C[C@]1(NC(=O)[C@@H]1C[C@@H](Oc2cc(OCC)nc3c(Br)c(OC)ccc23)CN1C(=O)[C@@H](O)C(C)C)C(=O)NS(=O)(=O)C1CC1.CC(C)[C@H](O)C(=O)O.Cl. The van der Waals surface area contributed by atoms with Crippen molar-refractivity contribution in [2.45, 2.75) is 151 Å². The number of carbonyl (C=O) groups excluding carboxylic acids is 5. The summed E-state index contributed by atoms with van der Waals surface area (Å²) in [5, 5.41) is 36.3. The molecule has 27 nitrogen and oxygen atoms in total. The van der Waals surface area contributed by atoms with Gasteiger partial charge >= 0.3 is 5.97 Å². The molecule has 2 saturated heterocycles. The summed E-state index contributed by atoms with van der Waals surface area (Å²) in [4.78, 5) is 87.1. The second-order valence-electron chi connectivity index (χ2n) is 24.2. The number of methoxy groups -OCH3 is 2. The predicted octanol–water partition coefficient (Wildman–Crippen LogP) is 5.13. The number of carboxylic acid groups (broad SMARTS) is 1. The summed E-state index contributed by atoms with van der Waals surface area (Å²) in [5.74, 6) is -3.09. The number of aliphatic hydroxyl groups excluding tert-OH is 2. The lowest BCUT2D eigenvalue weighted by molar-refractivity contribution is -0.149. The van der Waals surface area contributed by atoms with E-state index in [4.69, 9.17) is 38.6 Å². The number of likely N-dealkylation sites (tertiary alicyclic amines) is 1. The average Bonchev–Trinajstić information content (AvgIpc) is 1.57. The van der Waals surface area contributed by atoms with Gasteiger partial charge in [0.1, 0.15) is 58.4 Å². The Kier molecular flexibility index (Phi) is 24.4. The second kappa shape index (κ2) is 30.6. The zero-order chi connectivity index (χ0) is 68.2. The summed E-state index contributed by atoms with van der Waals surface area (Å²) >= 11 is 7.08. The van der Waals surface area contributed by atoms with Gasteiger partial charge < -0.3 is 64.6 Å². The fraction of sp³-hybridized carbons (Fsp3) is 0.548. The lowest BCUT2D eigenvalue weighted by atomic mass is 10.1. The normalized spacial score (nSPS) is 24.1. The van der Waals surface area contributed by atoms with Crippen molar-refractivity contribution >= 4 is 122 Å². The molecule has 2 aromatic carbocycles. The highest BCUT2D eigenvalue weighted by molar-refractivity contribution is 9.11. The number of rotatable bonds is 26. The molecule has 5 amide bonds. The summed E-state index contributed by atoms with van der Waals surface area (Å²) < 4.78 is 90.2. The zero-order valence-corrected chi connectivity index (χ0v) is 58.8. The number of benzene rings is 2. The van der Waals surface area contributed by atoms with Gasteiger partial charge in [-0.3, -0.25) is 33.4 Å². The van der Waals surface area contributed by atoms with Crippen LogP contribution in [0, 0.1) is 23.7 Å². The number of fused-ring (bicyclic) bond motifs is 2. The first-order chi connectivity index (χ1) is 43.9. The van der Waals surface area contributed by atoms with Gasteiger partial charge in [-0.15, -0.1) is 25.6 Å². The number of hydrogen-bond acceptors (Lipinski definition) is 21. The number of pyridine rings is 2. The molecule has 10 atom stereocenters. The van der Waals surface area contributed by atoms with Crippen molar-refractivity contribution in [3.63, 3.8) is 0 Å². The third-order valence-corrected chi connectivity index (χ3v) is 21.9. The molecule has 10 rings (SSSR count). The Morgan fingerprint density at radius 2 is 1.13 bits per heavy atom. The van der Waals surface area contributed by atoms with E-state index in [0.29, 0.717) is 118 Å². The van der Waals surface area contributed by atoms with Gasteiger partial charge in [-0.2, -0.15) is 0 Å². The van der Waals surface area contributed by atoms with Gasteiger partial charge in [0.15, 0.2) is 6.10 Å². The van der Waals surface area contributed by atoms with Crippen LogP contribution in [-0.4, -0.2) is 181 Å². The van der Waals surface area contributed by atoms with Crippen LogP contribution in [0.2, 0.25) is 0 Å². The highest BCUT2D eigenvalue weighted by Crippen LogP contribution is 2.48. The fourth-order valence-electron chi connectivity index (χ4n) is 10.8. The molecule has 2 unspecified atom stereocenters. The Balaban J connectivity index is 0.000000238. The van der Waals surface area contributed by atoms with E-state index in [2.05, 4.69) is 80.4 Å². The van der Waals surface area contributed by atoms with Gasteiger partial charge in [-0.05, 0) is 120 Å². The monoisotopic (exact) mass is 1500 g/mol. The summed E-state index contributed by atoms with van der Waals surface area (Å²) in [6, 6.07) is 8.80. The van der Waals surface area contributed by atoms with Crippen LogP contribution in [0.5, 0.6) is 34.8 Å². The van der Waals surface area contributed by atoms with Crippen LogP contribution in [0.15, 0.2) is 70.7 Å². The minimum Gasteiger partial charge on any atom is -0.495 e. The number of carboxylic acids is 1. The number of aliphatic hydroxyl groups is 2. The van der Waals surface area contributed by atoms with E-state index in [1.807, 2.05) is 26.0 Å². The standard InChI is InChI=1S/C31H39BrN4O9S.C26H31BrN4O7S.C5H10O3.ClH/c1-6-17-14-31(17,30(40)35-46(41,42)19-8-9-19)34-28(38)21-12-18(15-36(21)29(39)27(37)16(3)4)45-23-13-24(44-7-2)33-26-20(23)10-11-22(43-5)25(26)32;1-4-14-12-26(14,25(33)31-39(34,35)16-6-7-16)30-24(32)18-10-15(13-28-18)38-20-11-21(37-5-2)29-23-17(20)8-9-19(36-3)22(23)27;1-3(2)4(6)5(7)8;/h6,10-11,13,16-19,21,27,37H,1,7-9,12,14-15H2,2-5H3,(H,34,38)(H,35,40);4,8-9,11,14-16,18,28H,1,5-7,10,12-13H2,2-3H3,(H,30,32)(H,31,33);3-4,6H,1-2H3,(H,7,8);1H/t17?,18-,21+,27+,31-;14?,15-,18+,26-;4-;/m110./s1. The zero-order valence-electron chi connectivity index (χ0n) is 53.1. The number of amides is 5. The van der Waals surface area contributed by atoms with Crippen molar-refractivity contribution < 1.29 is 89.3 Å². The number of sulfonamides is 2. The first-order valence-corrected chi connectivity index (χ1v) is 35.2. The first-order valence-electron chi connectivity index (χ1n) is 30.5. The summed E-state index contributed by atoms with van der Waals surface area (Å²) in [5.41, 5.74) is -1.70. The number of hydrogen-bond donors (Lipinski definition) is 8. The maximum atomic E-state index is 13.9. The molecule has 32 heteroatoms. The number of ether oxygens (including phenoxy) is 6. The molecule has 2 aliphatic heterocycles. The molecule has 8 N–H and O–H groups in total. The van der Waals surface area contributed by atoms with Crippen molar-refractivity contribution in [1.82, 2.24) is 40.3 Å². The number of aliphatic carboxylic acids is 1. The van der Waals surface area contributed by atoms with Crippen molar-refractivity contribution in [3.8, 4) is 34.8 Å². The Bertz CT molecular complexity index is 3790. The van der Waals surface area contributed by atoms with Crippen LogP contribution in [-0.2, 0) is 48.8 Å². The Morgan fingerprint density at radius 3 is 1.50 bits per heavy atom. The molecule has 6 fully saturated rings. The minimum atomic E-state index is -3.87. The Hall–Kier alpha value is -6.61. The minimum absolute atomic E-state index is 0. The van der Waals surface area contributed by atoms with Gasteiger partial charge in [-0.1, -0.05) is 39.8 Å². The molecule has 94 heavy (non-hydrogen) atoms. The fourth-order valence-corrected chi connectivity index (χ4v) is 14.8. The second-order valence-corrected chi connectivity index (χ2v) is 29.7. The van der Waals surface area contributed by atoms with Crippen molar-refractivity contribution in [1.29, 1.82) is 0 Å². The Morgan fingerprint density at radius 1 is 0.691 bits per heavy atom. The quantitative estimate of drug-likeness (QED) is 0.0378. The topological polar surface area (TPSA) is 376 Å². The van der Waals surface area contributed by atoms with Gasteiger partial charge in [0.2, 0.25) is 43.6 Å². The number of nitrogens with zero attached hydrogens (tertiary/aromatic N) is 3. The third-order valence-electron chi connectivity index (χ3n) is 16.8. The molecule has 0 bridgehead atoms. The number of aromatic nitrogens is 2. The molecule has 4 aliphatic carbocycles. The number of halogens is 3. The van der Waals surface area contributed by atoms with E-state index in [0.717, 1.165) is 5.39 Å². The molecule has 4 saturated carbocycles. The van der Waals surface area contributed by atoms with Gasteiger partial charge in [0.05, 0.1) is 70.5 Å². The number of nitrogens with one attached hydrogen (secondary N) is 5. The van der Waals surface area contributed by atoms with Crippen molar-refractivity contribution in [3.05, 3.63) is 70.7 Å². The molecule has 516 valence electrons. The maximum Gasteiger partial charge on any atom is 0.332 e. The van der Waals surface area contributed by atoms with Crippen LogP contribution >= 0.6 is 44.3 Å². The molecular formula is C62H81Br2ClN8O19S2. The van der Waals surface area contributed by atoms with E-state index < -0.39 is 119 Å². The van der Waals surface area contributed by atoms with Crippen molar-refractivity contribution in [2.75, 3.05) is 40.5 Å². The van der Waals surface area contributed by atoms with E-state index in [1.165, 1.54) is 18.1 Å². The van der Waals surface area contributed by atoms with E-state index in [-0.39, 0.29) is 49.7 Å². The largest absolute Gasteiger partial charge is 0.495 e. The maximum absolute atomic E-state index is 13.9. The van der Waals surface area contributed by atoms with Crippen LogP contribution in [0.25, 0.3) is 21.8 Å². The highest BCUT2D eigenvalue weighted by atomic mass is 79.9. The average molecular weight is 1500 g/mol. The summed E-state index contributed by atoms with van der Waals surface area (Å²) in [7, 11) is -4.50. The van der Waals surface area contributed by atoms with Crippen LogP contribution in [0.1, 0.15) is 92.9 Å². The van der Waals surface area contributed by atoms with E-state index in [1.54, 1.807) is 65.1 Å². The van der Waals surface area contributed by atoms with Gasteiger partial charge in [-0.25, -0.2) is 31.6 Å². The first kappa shape index (κ1) is 74.8. The lowest BCUT2D eigenvalue weighted by Gasteiger charge is -2.28. The van der Waals surface area contributed by atoms with Gasteiger partial charge in [0.25, 0.3) is 17.7 Å². The van der Waals surface area contributed by atoms with Crippen molar-refractivity contribution in [2.24, 2.45) is 23.7 Å². The smallest absolute Gasteiger partial charge is 0.332 e.